The van der Waals surface area contributed by atoms with Crippen molar-refractivity contribution < 1.29 is 27.5 Å². The molecule has 3 aromatic rings. The SMILES string of the molecule is COc1cccc(-c2ccc(C(=O)N3CCC(c4ccc(C(=O)N=C(N)N)cc4C(F)(F)F)CC3)nc2)c1. The van der Waals surface area contributed by atoms with Gasteiger partial charge in [0.2, 0.25) is 0 Å². The van der Waals surface area contributed by atoms with Crippen LogP contribution in [0.15, 0.2) is 65.8 Å². The van der Waals surface area contributed by atoms with Crippen LogP contribution in [-0.4, -0.2) is 47.9 Å². The number of guanidine groups is 1. The Kier molecular flexibility index (Phi) is 7.65. The molecule has 1 saturated heterocycles. The second-order valence-corrected chi connectivity index (χ2v) is 8.87. The van der Waals surface area contributed by atoms with Gasteiger partial charge in [0.15, 0.2) is 5.96 Å². The lowest BCUT2D eigenvalue weighted by Gasteiger charge is -2.33. The summed E-state index contributed by atoms with van der Waals surface area (Å²) in [7, 11) is 1.58. The van der Waals surface area contributed by atoms with Crippen molar-refractivity contribution in [3.05, 3.63) is 83.2 Å². The van der Waals surface area contributed by atoms with E-state index in [-0.39, 0.29) is 35.8 Å². The number of hydrogen-bond donors (Lipinski definition) is 2. The van der Waals surface area contributed by atoms with Crippen LogP contribution >= 0.6 is 0 Å². The summed E-state index contributed by atoms with van der Waals surface area (Å²) in [6.07, 6.45) is -2.41. The third kappa shape index (κ3) is 5.93. The van der Waals surface area contributed by atoms with Gasteiger partial charge in [0.05, 0.1) is 12.7 Å². The van der Waals surface area contributed by atoms with Gasteiger partial charge in [-0.1, -0.05) is 24.3 Å². The molecular formula is C27H26F3N5O3. The number of rotatable bonds is 5. The van der Waals surface area contributed by atoms with Crippen LogP contribution in [0.25, 0.3) is 11.1 Å². The predicted octanol–water partition coefficient (Wildman–Crippen LogP) is 4.21. The topological polar surface area (TPSA) is 124 Å². The standard InChI is InChI=1S/C27H26F3N5O3/c1-38-20-4-2-3-17(13-20)19-6-8-23(33-15-19)25(37)35-11-9-16(10-12-35)21-7-5-18(24(36)34-26(31)32)14-22(21)27(28,29)30/h2-8,13-16H,9-12H2,1H3,(H4,31,32,34,36). The molecule has 8 nitrogen and oxygen atoms in total. The molecule has 0 atom stereocenters. The van der Waals surface area contributed by atoms with E-state index in [9.17, 15) is 22.8 Å². The Morgan fingerprint density at radius 3 is 2.37 bits per heavy atom. The normalized spacial score (nSPS) is 14.2. The summed E-state index contributed by atoms with van der Waals surface area (Å²) >= 11 is 0. The van der Waals surface area contributed by atoms with E-state index < -0.39 is 29.5 Å². The zero-order valence-corrected chi connectivity index (χ0v) is 20.5. The summed E-state index contributed by atoms with van der Waals surface area (Å²) in [4.78, 5) is 34.3. The molecule has 1 aromatic heterocycles. The van der Waals surface area contributed by atoms with E-state index >= 15 is 0 Å². The fourth-order valence-electron chi connectivity index (χ4n) is 4.52. The summed E-state index contributed by atoms with van der Waals surface area (Å²) < 4.78 is 46.8. The molecule has 1 aliphatic rings. The second-order valence-electron chi connectivity index (χ2n) is 8.87. The number of halogens is 3. The molecule has 0 aliphatic carbocycles. The van der Waals surface area contributed by atoms with Crippen LogP contribution in [0.4, 0.5) is 13.2 Å². The average Bonchev–Trinajstić information content (AvgIpc) is 2.91. The minimum atomic E-state index is -4.68. The van der Waals surface area contributed by atoms with E-state index in [0.29, 0.717) is 18.6 Å². The first-order valence-corrected chi connectivity index (χ1v) is 11.8. The lowest BCUT2D eigenvalue weighted by atomic mass is 9.85. The first-order valence-electron chi connectivity index (χ1n) is 11.8. The van der Waals surface area contributed by atoms with Gasteiger partial charge in [-0.15, -0.1) is 0 Å². The highest BCUT2D eigenvalue weighted by molar-refractivity contribution is 6.02. The maximum atomic E-state index is 13.9. The molecule has 38 heavy (non-hydrogen) atoms. The van der Waals surface area contributed by atoms with E-state index in [4.69, 9.17) is 16.2 Å². The molecule has 1 fully saturated rings. The number of methoxy groups -OCH3 is 1. The monoisotopic (exact) mass is 525 g/mol. The van der Waals surface area contributed by atoms with Crippen molar-refractivity contribution in [2.75, 3.05) is 20.2 Å². The molecule has 2 aromatic carbocycles. The number of nitrogens with two attached hydrogens (primary N) is 2. The Balaban J connectivity index is 1.46. The fourth-order valence-corrected chi connectivity index (χ4v) is 4.52. The van der Waals surface area contributed by atoms with Crippen LogP contribution < -0.4 is 16.2 Å². The molecule has 0 saturated carbocycles. The van der Waals surface area contributed by atoms with Crippen molar-refractivity contribution in [2.45, 2.75) is 24.9 Å². The number of piperidine rings is 1. The van der Waals surface area contributed by atoms with Crippen molar-refractivity contribution in [3.63, 3.8) is 0 Å². The van der Waals surface area contributed by atoms with Crippen molar-refractivity contribution in [1.82, 2.24) is 9.88 Å². The third-order valence-corrected chi connectivity index (χ3v) is 6.44. The number of pyridine rings is 1. The second kappa shape index (κ2) is 10.9. The molecule has 198 valence electrons. The summed E-state index contributed by atoms with van der Waals surface area (Å²) in [5.74, 6) is -1.50. The van der Waals surface area contributed by atoms with Crippen LogP contribution in [0.3, 0.4) is 0 Å². The number of likely N-dealkylation sites (tertiary alicyclic amines) is 1. The number of aromatic nitrogens is 1. The maximum Gasteiger partial charge on any atom is 0.416 e. The lowest BCUT2D eigenvalue weighted by molar-refractivity contribution is -0.138. The zero-order valence-electron chi connectivity index (χ0n) is 20.5. The van der Waals surface area contributed by atoms with Gasteiger partial charge in [-0.3, -0.25) is 14.6 Å². The highest BCUT2D eigenvalue weighted by Crippen LogP contribution is 2.39. The number of amides is 2. The molecular weight excluding hydrogens is 499 g/mol. The number of ether oxygens (including phenoxy) is 1. The Morgan fingerprint density at radius 1 is 1.03 bits per heavy atom. The first kappa shape index (κ1) is 26.6. The highest BCUT2D eigenvalue weighted by atomic mass is 19.4. The van der Waals surface area contributed by atoms with Crippen LogP contribution in [-0.2, 0) is 6.18 Å². The van der Waals surface area contributed by atoms with Crippen molar-refractivity contribution in [1.29, 1.82) is 0 Å². The molecule has 4 rings (SSSR count). The summed E-state index contributed by atoms with van der Waals surface area (Å²) in [5, 5.41) is 0. The molecule has 0 spiro atoms. The van der Waals surface area contributed by atoms with E-state index in [0.717, 1.165) is 17.2 Å². The fraction of sp³-hybridized carbons (Fsp3) is 0.259. The van der Waals surface area contributed by atoms with E-state index in [1.165, 1.54) is 12.1 Å². The van der Waals surface area contributed by atoms with Gasteiger partial charge in [0.25, 0.3) is 11.8 Å². The van der Waals surface area contributed by atoms with Crippen molar-refractivity contribution >= 4 is 17.8 Å². The van der Waals surface area contributed by atoms with Crippen molar-refractivity contribution in [2.24, 2.45) is 16.5 Å². The number of nitrogens with zero attached hydrogens (tertiary/aromatic N) is 3. The van der Waals surface area contributed by atoms with Gasteiger partial charge >= 0.3 is 6.18 Å². The van der Waals surface area contributed by atoms with Gasteiger partial charge in [0.1, 0.15) is 11.4 Å². The number of carbonyl (C=O) groups excluding carboxylic acids is 2. The smallest absolute Gasteiger partial charge is 0.416 e. The quantitative estimate of drug-likeness (QED) is 0.380. The van der Waals surface area contributed by atoms with E-state index in [1.807, 2.05) is 24.3 Å². The largest absolute Gasteiger partial charge is 0.497 e. The molecule has 0 bridgehead atoms. The van der Waals surface area contributed by atoms with E-state index in [2.05, 4.69) is 9.98 Å². The molecule has 2 amide bonds. The average molecular weight is 526 g/mol. The van der Waals surface area contributed by atoms with Gasteiger partial charge in [-0.2, -0.15) is 18.2 Å². The summed E-state index contributed by atoms with van der Waals surface area (Å²) in [5.41, 5.74) is 11.2. The van der Waals surface area contributed by atoms with E-state index in [1.54, 1.807) is 30.3 Å². The molecule has 4 N–H and O–H groups in total. The minimum Gasteiger partial charge on any atom is -0.497 e. The number of benzene rings is 2. The van der Waals surface area contributed by atoms with Crippen LogP contribution in [0.2, 0.25) is 0 Å². The van der Waals surface area contributed by atoms with Crippen LogP contribution in [0, 0.1) is 0 Å². The van der Waals surface area contributed by atoms with Gasteiger partial charge in [-0.25, -0.2) is 0 Å². The molecule has 0 unspecified atom stereocenters. The Bertz CT molecular complexity index is 1360. The Hall–Kier alpha value is -4.41. The van der Waals surface area contributed by atoms with Crippen LogP contribution in [0.5, 0.6) is 5.75 Å². The minimum absolute atomic E-state index is 0.0756. The lowest BCUT2D eigenvalue weighted by Crippen LogP contribution is -2.38. The zero-order chi connectivity index (χ0) is 27.4. The van der Waals surface area contributed by atoms with Crippen LogP contribution in [0.1, 0.15) is 50.7 Å². The molecule has 11 heteroatoms. The van der Waals surface area contributed by atoms with Gasteiger partial charge < -0.3 is 21.1 Å². The summed E-state index contributed by atoms with van der Waals surface area (Å²) in [6, 6.07) is 14.2. The molecule has 1 aliphatic heterocycles. The van der Waals surface area contributed by atoms with Gasteiger partial charge in [-0.05, 0) is 60.2 Å². The molecule has 2 heterocycles. The van der Waals surface area contributed by atoms with Crippen molar-refractivity contribution in [3.8, 4) is 16.9 Å². The number of hydrogen-bond acceptors (Lipinski definition) is 4. The Morgan fingerprint density at radius 2 is 1.76 bits per heavy atom. The molecule has 0 radical (unpaired) electrons. The maximum absolute atomic E-state index is 13.9. The number of aliphatic imine (C=N–C) groups is 1. The number of carbonyl (C=O) groups is 2. The predicted molar refractivity (Wildman–Crippen MR) is 136 cm³/mol. The number of alkyl halides is 3. The Labute approximate surface area is 217 Å². The highest BCUT2D eigenvalue weighted by Gasteiger charge is 2.37. The summed E-state index contributed by atoms with van der Waals surface area (Å²) in [6.45, 7) is 0.545. The van der Waals surface area contributed by atoms with Gasteiger partial charge in [0, 0.05) is 30.4 Å². The third-order valence-electron chi connectivity index (χ3n) is 6.44. The first-order chi connectivity index (χ1) is 18.1.